The number of amides is 8. The third-order valence-electron chi connectivity index (χ3n) is 7.22. The largest absolute Gasteiger partial charge is 0.481 e. The molecule has 1 fully saturated rings. The summed E-state index contributed by atoms with van der Waals surface area (Å²) in [5.74, 6) is -10.1. The molecule has 1 saturated heterocycles. The van der Waals surface area contributed by atoms with Gasteiger partial charge in [0.2, 0.25) is 47.3 Å². The zero-order valence-electron chi connectivity index (χ0n) is 26.3. The van der Waals surface area contributed by atoms with Gasteiger partial charge in [0, 0.05) is 25.8 Å². The Labute approximate surface area is 274 Å². The van der Waals surface area contributed by atoms with Crippen molar-refractivity contribution in [3.8, 4) is 0 Å². The van der Waals surface area contributed by atoms with Crippen LogP contribution in [0, 0.1) is 0 Å². The molecule has 0 aromatic heterocycles. The highest BCUT2D eigenvalue weighted by atomic mass is 16.4. The Morgan fingerprint density at radius 3 is 1.73 bits per heavy atom. The molecule has 8 amide bonds. The third kappa shape index (κ3) is 14.0. The first-order valence-electron chi connectivity index (χ1n) is 14.9. The number of carboxylic acid groups (broad SMARTS) is 2. The quantitative estimate of drug-likeness (QED) is 0.0540. The number of primary amides is 3. The minimum atomic E-state index is -1.78. The van der Waals surface area contributed by atoms with Gasteiger partial charge in [-0.1, -0.05) is 0 Å². The molecule has 21 heteroatoms. The summed E-state index contributed by atoms with van der Waals surface area (Å²) < 4.78 is 0. The van der Waals surface area contributed by atoms with Gasteiger partial charge in [-0.05, 0) is 39.0 Å². The number of carboxylic acids is 2. The fourth-order valence-corrected chi connectivity index (χ4v) is 4.61. The van der Waals surface area contributed by atoms with Gasteiger partial charge in [-0.15, -0.1) is 0 Å². The van der Waals surface area contributed by atoms with Crippen molar-refractivity contribution in [2.75, 3.05) is 6.54 Å². The zero-order valence-corrected chi connectivity index (χ0v) is 26.3. The van der Waals surface area contributed by atoms with Crippen molar-refractivity contribution in [2.24, 2.45) is 22.9 Å². The molecule has 21 nitrogen and oxygen atoms in total. The number of aliphatic carboxylic acids is 2. The van der Waals surface area contributed by atoms with E-state index in [1.165, 1.54) is 0 Å². The van der Waals surface area contributed by atoms with E-state index >= 15 is 0 Å². The number of nitrogens with zero attached hydrogens (tertiary/aromatic N) is 1. The van der Waals surface area contributed by atoms with Gasteiger partial charge in [-0.25, -0.2) is 0 Å². The van der Waals surface area contributed by atoms with E-state index in [1.54, 1.807) is 0 Å². The molecule has 0 unspecified atom stereocenters. The first kappa shape index (κ1) is 40.7. The molecule has 0 aliphatic carbocycles. The van der Waals surface area contributed by atoms with Gasteiger partial charge >= 0.3 is 11.9 Å². The summed E-state index contributed by atoms with van der Waals surface area (Å²) in [6.45, 7) is 1.13. The van der Waals surface area contributed by atoms with Crippen LogP contribution in [0.25, 0.3) is 0 Å². The van der Waals surface area contributed by atoms with Gasteiger partial charge < -0.3 is 59.3 Å². The average Bonchev–Trinajstić information content (AvgIpc) is 3.48. The molecule has 0 saturated carbocycles. The van der Waals surface area contributed by atoms with Crippen LogP contribution in [0.3, 0.4) is 0 Å². The molecule has 48 heavy (non-hydrogen) atoms. The first-order chi connectivity index (χ1) is 22.3. The summed E-state index contributed by atoms with van der Waals surface area (Å²) >= 11 is 0. The molecule has 1 rings (SSSR count). The van der Waals surface area contributed by atoms with Gasteiger partial charge in [-0.3, -0.25) is 47.9 Å². The lowest BCUT2D eigenvalue weighted by Gasteiger charge is -2.30. The van der Waals surface area contributed by atoms with Crippen LogP contribution < -0.4 is 44.2 Å². The van der Waals surface area contributed by atoms with Crippen LogP contribution in [0.5, 0.6) is 0 Å². The number of carbonyl (C=O) groups excluding carboxylic acids is 8. The second-order valence-electron chi connectivity index (χ2n) is 11.2. The van der Waals surface area contributed by atoms with Crippen LogP contribution in [0.4, 0.5) is 0 Å². The second-order valence-corrected chi connectivity index (χ2v) is 11.2. The van der Waals surface area contributed by atoms with Crippen LogP contribution in [-0.2, 0) is 47.9 Å². The SMILES string of the molecule is C[C@H](NC(=O)[C@H](CC(=O)O)NC(=O)[C@H](CCC(N)=O)NC(=O)[C@@H]1CCCN1C(=O)[C@H](CCC(N)=O)NC(=O)[C@@H](N)CCC(N)=O)C(=O)O. The van der Waals surface area contributed by atoms with Gasteiger partial charge in [-0.2, -0.15) is 0 Å². The van der Waals surface area contributed by atoms with Crippen LogP contribution in [0.15, 0.2) is 0 Å². The average molecular weight is 686 g/mol. The van der Waals surface area contributed by atoms with E-state index in [0.717, 1.165) is 11.8 Å². The Hall–Kier alpha value is -5.34. The summed E-state index contributed by atoms with van der Waals surface area (Å²) in [4.78, 5) is 123. The van der Waals surface area contributed by atoms with E-state index in [0.29, 0.717) is 6.42 Å². The number of hydrogen-bond donors (Lipinski definition) is 10. The predicted molar refractivity (Wildman–Crippen MR) is 161 cm³/mol. The maximum Gasteiger partial charge on any atom is 0.325 e. The summed E-state index contributed by atoms with van der Waals surface area (Å²) in [7, 11) is 0. The Balaban J connectivity index is 3.20. The lowest BCUT2D eigenvalue weighted by Crippen LogP contribution is -2.59. The fraction of sp³-hybridized carbons (Fsp3) is 0.630. The molecule has 6 atom stereocenters. The normalized spacial score (nSPS) is 17.0. The number of carbonyl (C=O) groups is 10. The maximum atomic E-state index is 13.6. The van der Waals surface area contributed by atoms with E-state index in [1.807, 2.05) is 5.32 Å². The molecule has 0 spiro atoms. The molecule has 1 aliphatic rings. The summed E-state index contributed by atoms with van der Waals surface area (Å²) in [5.41, 5.74) is 21.3. The van der Waals surface area contributed by atoms with E-state index in [4.69, 9.17) is 28.0 Å². The van der Waals surface area contributed by atoms with Crippen molar-refractivity contribution in [1.82, 2.24) is 26.2 Å². The molecular weight excluding hydrogens is 642 g/mol. The van der Waals surface area contributed by atoms with Crippen LogP contribution in [-0.4, -0.2) is 117 Å². The third-order valence-corrected chi connectivity index (χ3v) is 7.22. The molecule has 14 N–H and O–H groups in total. The van der Waals surface area contributed by atoms with Gasteiger partial charge in [0.15, 0.2) is 0 Å². The minimum absolute atomic E-state index is 0.0222. The van der Waals surface area contributed by atoms with Gasteiger partial charge in [0.25, 0.3) is 0 Å². The van der Waals surface area contributed by atoms with Crippen molar-refractivity contribution < 1.29 is 58.2 Å². The van der Waals surface area contributed by atoms with E-state index < -0.39 is 115 Å². The predicted octanol–water partition coefficient (Wildman–Crippen LogP) is -5.38. The molecular formula is C27H43N9O12. The van der Waals surface area contributed by atoms with Gasteiger partial charge in [0.1, 0.15) is 30.2 Å². The molecule has 268 valence electrons. The maximum absolute atomic E-state index is 13.6. The van der Waals surface area contributed by atoms with Crippen LogP contribution in [0.1, 0.15) is 64.7 Å². The standard InChI is InChI=1S/C27H43N9O12/c1-12(27(47)48)32-24(44)16(11-21(40)41)35-23(43)14(5-8-19(30)38)33-25(45)17-3-2-10-36(17)26(46)15(6-9-20(31)39)34-22(42)13(28)4-7-18(29)37/h12-17H,2-11,28H2,1H3,(H2,29,37)(H2,30,38)(H2,31,39)(H,32,44)(H,33,45)(H,34,42)(H,35,43)(H,40,41)(H,47,48)/t12-,13-,14-,15-,16-,17-/m0/s1. The molecule has 0 aromatic rings. The van der Waals surface area contributed by atoms with E-state index in [2.05, 4.69) is 16.0 Å². The number of nitrogens with two attached hydrogens (primary N) is 4. The highest BCUT2D eigenvalue weighted by Gasteiger charge is 2.39. The molecule has 1 aliphatic heterocycles. The minimum Gasteiger partial charge on any atom is -0.481 e. The molecule has 0 bridgehead atoms. The summed E-state index contributed by atoms with van der Waals surface area (Å²) in [6.07, 6.45) is -2.34. The summed E-state index contributed by atoms with van der Waals surface area (Å²) in [6, 6.07) is -8.61. The smallest absolute Gasteiger partial charge is 0.325 e. The second kappa shape index (κ2) is 19.4. The molecule has 0 radical (unpaired) electrons. The summed E-state index contributed by atoms with van der Waals surface area (Å²) in [5, 5.41) is 27.2. The fourth-order valence-electron chi connectivity index (χ4n) is 4.61. The Morgan fingerprint density at radius 2 is 1.21 bits per heavy atom. The number of hydrogen-bond acceptors (Lipinski definition) is 11. The molecule has 0 aromatic carbocycles. The number of nitrogens with one attached hydrogen (secondary N) is 4. The van der Waals surface area contributed by atoms with Crippen molar-refractivity contribution >= 4 is 59.2 Å². The van der Waals surface area contributed by atoms with Crippen LogP contribution in [0.2, 0.25) is 0 Å². The Bertz CT molecular complexity index is 1280. The van der Waals surface area contributed by atoms with Crippen molar-refractivity contribution in [3.05, 3.63) is 0 Å². The monoisotopic (exact) mass is 685 g/mol. The Kier molecular flexibility index (Phi) is 16.4. The van der Waals surface area contributed by atoms with E-state index in [9.17, 15) is 53.1 Å². The lowest BCUT2D eigenvalue weighted by molar-refractivity contribution is -0.143. The molecule has 1 heterocycles. The topological polar surface area (TPSA) is 367 Å². The van der Waals surface area contributed by atoms with Crippen molar-refractivity contribution in [2.45, 2.75) is 101 Å². The number of likely N-dealkylation sites (tertiary alicyclic amines) is 1. The van der Waals surface area contributed by atoms with Crippen LogP contribution >= 0.6 is 0 Å². The van der Waals surface area contributed by atoms with Crippen molar-refractivity contribution in [1.29, 1.82) is 0 Å². The highest BCUT2D eigenvalue weighted by Crippen LogP contribution is 2.20. The zero-order chi connectivity index (χ0) is 36.7. The Morgan fingerprint density at radius 1 is 0.708 bits per heavy atom. The van der Waals surface area contributed by atoms with E-state index in [-0.39, 0.29) is 38.6 Å². The highest BCUT2D eigenvalue weighted by molar-refractivity contribution is 5.97. The lowest BCUT2D eigenvalue weighted by atomic mass is 10.1. The van der Waals surface area contributed by atoms with Crippen molar-refractivity contribution in [3.63, 3.8) is 0 Å². The number of rotatable bonds is 21. The first-order valence-corrected chi connectivity index (χ1v) is 14.9. The van der Waals surface area contributed by atoms with Gasteiger partial charge in [0.05, 0.1) is 12.5 Å².